The third-order valence-corrected chi connectivity index (χ3v) is 5.55. The van der Waals surface area contributed by atoms with Gasteiger partial charge in [-0.05, 0) is 37.3 Å². The van der Waals surface area contributed by atoms with E-state index in [0.717, 1.165) is 21.4 Å². The fourth-order valence-electron chi connectivity index (χ4n) is 2.63. The van der Waals surface area contributed by atoms with Gasteiger partial charge in [0.25, 0.3) is 0 Å². The number of thioether (sulfide) groups is 1. The molecule has 0 spiro atoms. The maximum atomic E-state index is 12.0. The number of amides is 2. The molecule has 3 rings (SSSR count). The monoisotopic (exact) mass is 487 g/mol. The van der Waals surface area contributed by atoms with Crippen LogP contribution in [0.25, 0.3) is 11.5 Å². The highest BCUT2D eigenvalue weighted by Crippen LogP contribution is 2.19. The molecule has 0 radical (unpaired) electrons. The van der Waals surface area contributed by atoms with Crippen molar-refractivity contribution in [3.8, 4) is 11.5 Å². The molecule has 0 aliphatic heterocycles. The van der Waals surface area contributed by atoms with E-state index in [0.29, 0.717) is 18.9 Å². The van der Waals surface area contributed by atoms with Crippen molar-refractivity contribution in [1.29, 1.82) is 0 Å². The number of anilines is 1. The van der Waals surface area contributed by atoms with E-state index >= 15 is 0 Å². The summed E-state index contributed by atoms with van der Waals surface area (Å²) in [6.45, 7) is 2.49. The minimum atomic E-state index is -0.142. The third kappa shape index (κ3) is 7.03. The Morgan fingerprint density at radius 1 is 1.10 bits per heavy atom. The molecule has 0 aliphatic carbocycles. The predicted molar refractivity (Wildman–Crippen MR) is 123 cm³/mol. The smallest absolute Gasteiger partial charge is 0.234 e. The first-order valence-electron chi connectivity index (χ1n) is 9.41. The summed E-state index contributed by atoms with van der Waals surface area (Å²) in [6, 6.07) is 15.3. The van der Waals surface area contributed by atoms with Gasteiger partial charge in [-0.25, -0.2) is 4.98 Å². The number of hydrogen-bond donors (Lipinski definition) is 2. The molecule has 156 valence electrons. The molecule has 2 N–H and O–H groups in total. The first kappa shape index (κ1) is 22.1. The second-order valence-electron chi connectivity index (χ2n) is 6.66. The molecule has 3 aromatic rings. The van der Waals surface area contributed by atoms with Crippen LogP contribution in [0.5, 0.6) is 0 Å². The number of aryl methyl sites for hydroxylation is 1. The van der Waals surface area contributed by atoms with Gasteiger partial charge in [0.15, 0.2) is 0 Å². The molecule has 2 amide bonds. The zero-order valence-corrected chi connectivity index (χ0v) is 18.9. The van der Waals surface area contributed by atoms with Crippen molar-refractivity contribution in [2.24, 2.45) is 0 Å². The molecule has 0 saturated carbocycles. The number of oxazole rings is 1. The van der Waals surface area contributed by atoms with E-state index in [9.17, 15) is 9.59 Å². The molecule has 0 atom stereocenters. The molecule has 0 unspecified atom stereocenters. The normalized spacial score (nSPS) is 10.6. The largest absolute Gasteiger partial charge is 0.444 e. The number of aromatic nitrogens is 1. The molecule has 30 heavy (non-hydrogen) atoms. The summed E-state index contributed by atoms with van der Waals surface area (Å²) in [6.07, 6.45) is 2.19. The van der Waals surface area contributed by atoms with Gasteiger partial charge in [0.1, 0.15) is 6.26 Å². The molecule has 1 heterocycles. The summed E-state index contributed by atoms with van der Waals surface area (Å²) in [5, 5.41) is 5.64. The Balaban J connectivity index is 1.33. The fourth-order valence-corrected chi connectivity index (χ4v) is 3.68. The van der Waals surface area contributed by atoms with Crippen LogP contribution in [0.1, 0.15) is 11.3 Å². The quantitative estimate of drug-likeness (QED) is 0.465. The number of halogens is 1. The van der Waals surface area contributed by atoms with Crippen LogP contribution >= 0.6 is 27.7 Å². The first-order valence-corrected chi connectivity index (χ1v) is 11.4. The molecular weight excluding hydrogens is 466 g/mol. The Hall–Kier alpha value is -2.58. The Morgan fingerprint density at radius 3 is 2.63 bits per heavy atom. The van der Waals surface area contributed by atoms with Crippen molar-refractivity contribution in [1.82, 2.24) is 10.3 Å². The Labute approximate surface area is 188 Å². The van der Waals surface area contributed by atoms with Gasteiger partial charge >= 0.3 is 0 Å². The van der Waals surface area contributed by atoms with Crippen molar-refractivity contribution in [3.63, 3.8) is 0 Å². The molecule has 6 nitrogen and oxygen atoms in total. The second-order valence-corrected chi connectivity index (χ2v) is 8.56. The SMILES string of the molecule is Cc1ccc(-c2nc(CCNC(=O)CSCC(=O)Nc3cccc(Br)c3)co2)cc1. The molecule has 0 aliphatic rings. The van der Waals surface area contributed by atoms with E-state index in [1.54, 1.807) is 6.26 Å². The Bertz CT molecular complexity index is 1000. The molecule has 0 saturated heterocycles. The van der Waals surface area contributed by atoms with Gasteiger partial charge in [0.2, 0.25) is 17.7 Å². The molecule has 1 aromatic heterocycles. The van der Waals surface area contributed by atoms with Gasteiger partial charge in [-0.15, -0.1) is 11.8 Å². The Kier molecular flexibility index (Phi) is 8.10. The first-order chi connectivity index (χ1) is 14.5. The highest BCUT2D eigenvalue weighted by molar-refractivity contribution is 9.10. The second kappa shape index (κ2) is 11.0. The van der Waals surface area contributed by atoms with Gasteiger partial charge in [-0.3, -0.25) is 9.59 Å². The van der Waals surface area contributed by atoms with Crippen LogP contribution in [0.2, 0.25) is 0 Å². The predicted octanol–water partition coefficient (Wildman–Crippen LogP) is 4.44. The summed E-state index contributed by atoms with van der Waals surface area (Å²) in [4.78, 5) is 28.4. The topological polar surface area (TPSA) is 84.2 Å². The molecule has 2 aromatic carbocycles. The van der Waals surface area contributed by atoms with Crippen LogP contribution in [-0.4, -0.2) is 34.8 Å². The lowest BCUT2D eigenvalue weighted by Crippen LogP contribution is -2.28. The minimum Gasteiger partial charge on any atom is -0.444 e. The number of rotatable bonds is 9. The molecule has 0 fully saturated rings. The summed E-state index contributed by atoms with van der Waals surface area (Å²) >= 11 is 4.63. The van der Waals surface area contributed by atoms with Crippen LogP contribution in [0, 0.1) is 6.92 Å². The average molecular weight is 488 g/mol. The number of carbonyl (C=O) groups excluding carboxylic acids is 2. The number of carbonyl (C=O) groups is 2. The molecule has 0 bridgehead atoms. The lowest BCUT2D eigenvalue weighted by Gasteiger charge is -2.06. The van der Waals surface area contributed by atoms with E-state index in [1.165, 1.54) is 17.3 Å². The summed E-state index contributed by atoms with van der Waals surface area (Å²) in [5.74, 6) is 0.751. The van der Waals surface area contributed by atoms with Crippen molar-refractivity contribution in [2.45, 2.75) is 13.3 Å². The van der Waals surface area contributed by atoms with Gasteiger partial charge < -0.3 is 15.1 Å². The van der Waals surface area contributed by atoms with Crippen molar-refractivity contribution < 1.29 is 14.0 Å². The average Bonchev–Trinajstić information content (AvgIpc) is 3.17. The van der Waals surface area contributed by atoms with E-state index in [1.807, 2.05) is 55.5 Å². The van der Waals surface area contributed by atoms with Crippen molar-refractivity contribution >= 4 is 45.2 Å². The Morgan fingerprint density at radius 2 is 1.87 bits per heavy atom. The molecular formula is C22H22BrN3O3S. The summed E-state index contributed by atoms with van der Waals surface area (Å²) in [5.41, 5.74) is 3.61. The summed E-state index contributed by atoms with van der Waals surface area (Å²) in [7, 11) is 0. The maximum Gasteiger partial charge on any atom is 0.234 e. The van der Waals surface area contributed by atoms with E-state index < -0.39 is 0 Å². The standard InChI is InChI=1S/C22H22BrN3O3S/c1-15-5-7-16(8-6-15)22-26-19(12-29-22)9-10-24-20(27)13-30-14-21(28)25-18-4-2-3-17(23)11-18/h2-8,11-12H,9-10,13-14H2,1H3,(H,24,27)(H,25,28). The van der Waals surface area contributed by atoms with E-state index in [4.69, 9.17) is 4.42 Å². The van der Waals surface area contributed by atoms with Crippen LogP contribution < -0.4 is 10.6 Å². The number of benzene rings is 2. The highest BCUT2D eigenvalue weighted by Gasteiger charge is 2.09. The van der Waals surface area contributed by atoms with Crippen LogP contribution in [0.3, 0.4) is 0 Å². The van der Waals surface area contributed by atoms with Crippen LogP contribution in [0.4, 0.5) is 5.69 Å². The fraction of sp³-hybridized carbons (Fsp3) is 0.227. The van der Waals surface area contributed by atoms with Gasteiger partial charge in [-0.1, -0.05) is 39.7 Å². The third-order valence-electron chi connectivity index (χ3n) is 4.13. The zero-order valence-electron chi connectivity index (χ0n) is 16.5. The lowest BCUT2D eigenvalue weighted by atomic mass is 10.1. The minimum absolute atomic E-state index is 0.113. The van der Waals surface area contributed by atoms with Crippen molar-refractivity contribution in [2.75, 3.05) is 23.4 Å². The number of nitrogens with zero attached hydrogens (tertiary/aromatic N) is 1. The summed E-state index contributed by atoms with van der Waals surface area (Å²) < 4.78 is 6.41. The number of hydrogen-bond acceptors (Lipinski definition) is 5. The van der Waals surface area contributed by atoms with E-state index in [2.05, 4.69) is 31.5 Å². The van der Waals surface area contributed by atoms with Gasteiger partial charge in [-0.2, -0.15) is 0 Å². The highest BCUT2D eigenvalue weighted by atomic mass is 79.9. The lowest BCUT2D eigenvalue weighted by molar-refractivity contribution is -0.118. The number of nitrogens with one attached hydrogen (secondary N) is 2. The zero-order chi connectivity index (χ0) is 21.3. The van der Waals surface area contributed by atoms with Crippen LogP contribution in [-0.2, 0) is 16.0 Å². The van der Waals surface area contributed by atoms with E-state index in [-0.39, 0.29) is 23.3 Å². The maximum absolute atomic E-state index is 12.0. The molecule has 8 heteroatoms. The van der Waals surface area contributed by atoms with Crippen molar-refractivity contribution in [3.05, 3.63) is 70.5 Å². The van der Waals surface area contributed by atoms with Crippen LogP contribution in [0.15, 0.2) is 63.7 Å². The van der Waals surface area contributed by atoms with Gasteiger partial charge in [0, 0.05) is 28.7 Å². The van der Waals surface area contributed by atoms with Gasteiger partial charge in [0.05, 0.1) is 17.2 Å².